The number of ether oxygens (including phenoxy) is 1. The fourth-order valence-electron chi connectivity index (χ4n) is 1.69. The Hall–Kier alpha value is -0.670. The first-order valence-electron chi connectivity index (χ1n) is 6.70. The lowest BCUT2D eigenvalue weighted by molar-refractivity contribution is 0.413. The molecule has 2 nitrogen and oxygen atoms in total. The molecular formula is C15H25NOS. The number of hydrogen-bond acceptors (Lipinski definition) is 3. The van der Waals surface area contributed by atoms with E-state index in [1.165, 1.54) is 17.7 Å². The van der Waals surface area contributed by atoms with Gasteiger partial charge in [0.05, 0.1) is 7.11 Å². The van der Waals surface area contributed by atoms with Crippen molar-refractivity contribution in [1.82, 2.24) is 5.32 Å². The zero-order valence-electron chi connectivity index (χ0n) is 11.7. The van der Waals surface area contributed by atoms with Crippen LogP contribution in [0.4, 0.5) is 0 Å². The van der Waals surface area contributed by atoms with Gasteiger partial charge in [-0.2, -0.15) is 0 Å². The van der Waals surface area contributed by atoms with Gasteiger partial charge in [-0.3, -0.25) is 0 Å². The zero-order valence-corrected chi connectivity index (χ0v) is 12.6. The molecule has 0 radical (unpaired) electrons. The van der Waals surface area contributed by atoms with Crippen LogP contribution >= 0.6 is 11.8 Å². The minimum absolute atomic E-state index is 0.818. The normalized spacial score (nSPS) is 10.9. The maximum absolute atomic E-state index is 5.21. The molecule has 0 spiro atoms. The number of thioether (sulfide) groups is 1. The number of nitrogens with one attached hydrogen (secondary N) is 1. The Morgan fingerprint density at radius 2 is 2.11 bits per heavy atom. The van der Waals surface area contributed by atoms with E-state index in [4.69, 9.17) is 4.74 Å². The molecule has 0 fully saturated rings. The van der Waals surface area contributed by atoms with Gasteiger partial charge < -0.3 is 10.1 Å². The van der Waals surface area contributed by atoms with E-state index in [-0.39, 0.29) is 0 Å². The van der Waals surface area contributed by atoms with E-state index in [1.54, 1.807) is 7.11 Å². The summed E-state index contributed by atoms with van der Waals surface area (Å²) in [5.41, 5.74) is 0. The summed E-state index contributed by atoms with van der Waals surface area (Å²) in [7, 11) is 1.71. The van der Waals surface area contributed by atoms with Gasteiger partial charge in [-0.1, -0.05) is 19.9 Å². The third kappa shape index (κ3) is 6.92. The summed E-state index contributed by atoms with van der Waals surface area (Å²) < 4.78 is 5.21. The lowest BCUT2D eigenvalue weighted by Gasteiger charge is -2.07. The van der Waals surface area contributed by atoms with Gasteiger partial charge in [0.1, 0.15) is 5.75 Å². The van der Waals surface area contributed by atoms with Gasteiger partial charge in [0, 0.05) is 17.2 Å². The molecule has 1 N–H and O–H groups in total. The fourth-order valence-corrected chi connectivity index (χ4v) is 2.55. The molecule has 0 unspecified atom stereocenters. The molecule has 1 rings (SSSR count). The molecule has 0 aromatic heterocycles. The van der Waals surface area contributed by atoms with Gasteiger partial charge in [-0.25, -0.2) is 0 Å². The Balaban J connectivity index is 2.06. The second-order valence-corrected chi connectivity index (χ2v) is 5.98. The van der Waals surface area contributed by atoms with E-state index in [0.717, 1.165) is 30.5 Å². The standard InChI is InChI=1S/C15H25NOS/c1-13(2)6-5-9-16-10-11-18-15-8-4-7-14(12-15)17-3/h4,7-8,12-13,16H,5-6,9-11H2,1-3H3. The van der Waals surface area contributed by atoms with E-state index in [0.29, 0.717) is 0 Å². The Bertz CT molecular complexity index is 328. The van der Waals surface area contributed by atoms with Gasteiger partial charge in [0.15, 0.2) is 0 Å². The lowest BCUT2D eigenvalue weighted by Crippen LogP contribution is -2.18. The van der Waals surface area contributed by atoms with Gasteiger partial charge in [0.25, 0.3) is 0 Å². The highest BCUT2D eigenvalue weighted by molar-refractivity contribution is 7.99. The number of benzene rings is 1. The van der Waals surface area contributed by atoms with Crippen LogP contribution in [0.1, 0.15) is 26.7 Å². The molecule has 102 valence electrons. The van der Waals surface area contributed by atoms with E-state index >= 15 is 0 Å². The molecule has 0 atom stereocenters. The molecule has 18 heavy (non-hydrogen) atoms. The van der Waals surface area contributed by atoms with Crippen LogP contribution in [0.3, 0.4) is 0 Å². The third-order valence-electron chi connectivity index (χ3n) is 2.72. The Kier molecular flexibility index (Phi) is 7.94. The minimum atomic E-state index is 0.818. The first-order valence-corrected chi connectivity index (χ1v) is 7.68. The van der Waals surface area contributed by atoms with Crippen LogP contribution in [0, 0.1) is 5.92 Å². The highest BCUT2D eigenvalue weighted by Crippen LogP contribution is 2.22. The molecule has 0 aliphatic heterocycles. The predicted molar refractivity (Wildman–Crippen MR) is 80.7 cm³/mol. The predicted octanol–water partition coefficient (Wildman–Crippen LogP) is 3.81. The van der Waals surface area contributed by atoms with E-state index < -0.39 is 0 Å². The maximum atomic E-state index is 5.21. The van der Waals surface area contributed by atoms with E-state index in [1.807, 2.05) is 23.9 Å². The lowest BCUT2D eigenvalue weighted by atomic mass is 10.1. The third-order valence-corrected chi connectivity index (χ3v) is 3.72. The molecule has 0 amide bonds. The summed E-state index contributed by atoms with van der Waals surface area (Å²) in [4.78, 5) is 1.28. The second-order valence-electron chi connectivity index (χ2n) is 4.81. The van der Waals surface area contributed by atoms with Gasteiger partial charge in [-0.15, -0.1) is 11.8 Å². The summed E-state index contributed by atoms with van der Waals surface area (Å²) in [6.07, 6.45) is 2.59. The molecule has 0 aliphatic carbocycles. The zero-order chi connectivity index (χ0) is 13.2. The average molecular weight is 267 g/mol. The SMILES string of the molecule is COc1cccc(SCCNCCCC(C)C)c1. The summed E-state index contributed by atoms with van der Waals surface area (Å²) in [6.45, 7) is 6.76. The fraction of sp³-hybridized carbons (Fsp3) is 0.600. The van der Waals surface area contributed by atoms with Gasteiger partial charge in [0.2, 0.25) is 0 Å². The highest BCUT2D eigenvalue weighted by atomic mass is 32.2. The van der Waals surface area contributed by atoms with Crippen LogP contribution in [-0.4, -0.2) is 26.0 Å². The molecule has 0 saturated heterocycles. The van der Waals surface area contributed by atoms with Crippen molar-refractivity contribution in [1.29, 1.82) is 0 Å². The van der Waals surface area contributed by atoms with Crippen LogP contribution in [0.25, 0.3) is 0 Å². The summed E-state index contributed by atoms with van der Waals surface area (Å²) in [5.74, 6) is 2.86. The highest BCUT2D eigenvalue weighted by Gasteiger charge is 1.97. The second kappa shape index (κ2) is 9.29. The van der Waals surface area contributed by atoms with Crippen molar-refractivity contribution in [3.8, 4) is 5.75 Å². The first kappa shape index (κ1) is 15.4. The largest absolute Gasteiger partial charge is 0.497 e. The average Bonchev–Trinajstić information content (AvgIpc) is 2.37. The Morgan fingerprint density at radius 1 is 1.28 bits per heavy atom. The summed E-state index contributed by atoms with van der Waals surface area (Å²) in [5, 5.41) is 3.49. The summed E-state index contributed by atoms with van der Waals surface area (Å²) in [6, 6.07) is 8.24. The smallest absolute Gasteiger partial charge is 0.119 e. The monoisotopic (exact) mass is 267 g/mol. The van der Waals surface area contributed by atoms with Crippen LogP contribution < -0.4 is 10.1 Å². The number of methoxy groups -OCH3 is 1. The van der Waals surface area contributed by atoms with Gasteiger partial charge in [-0.05, 0) is 43.5 Å². The molecular weight excluding hydrogens is 242 g/mol. The van der Waals surface area contributed by atoms with Gasteiger partial charge >= 0.3 is 0 Å². The molecule has 1 aromatic rings. The van der Waals surface area contributed by atoms with Crippen LogP contribution in [0.15, 0.2) is 29.2 Å². The molecule has 3 heteroatoms. The van der Waals surface area contributed by atoms with E-state index in [9.17, 15) is 0 Å². The molecule has 0 bridgehead atoms. The Morgan fingerprint density at radius 3 is 2.83 bits per heavy atom. The van der Waals surface area contributed by atoms with Crippen molar-refractivity contribution in [2.45, 2.75) is 31.6 Å². The number of rotatable bonds is 9. The summed E-state index contributed by atoms with van der Waals surface area (Å²) >= 11 is 1.87. The minimum Gasteiger partial charge on any atom is -0.497 e. The van der Waals surface area contributed by atoms with E-state index in [2.05, 4.69) is 31.3 Å². The molecule has 1 aromatic carbocycles. The van der Waals surface area contributed by atoms with Crippen molar-refractivity contribution in [3.63, 3.8) is 0 Å². The van der Waals surface area contributed by atoms with Crippen molar-refractivity contribution in [2.24, 2.45) is 5.92 Å². The molecule has 0 heterocycles. The van der Waals surface area contributed by atoms with Crippen LogP contribution in [0.5, 0.6) is 5.75 Å². The van der Waals surface area contributed by atoms with Crippen molar-refractivity contribution >= 4 is 11.8 Å². The maximum Gasteiger partial charge on any atom is 0.119 e. The molecule has 0 aliphatic rings. The number of hydrogen-bond donors (Lipinski definition) is 1. The van der Waals surface area contributed by atoms with Crippen LogP contribution in [0.2, 0.25) is 0 Å². The Labute approximate surface area is 116 Å². The first-order chi connectivity index (χ1) is 8.72. The van der Waals surface area contributed by atoms with Crippen molar-refractivity contribution in [2.75, 3.05) is 26.0 Å². The van der Waals surface area contributed by atoms with Crippen LogP contribution in [-0.2, 0) is 0 Å². The molecule has 0 saturated carbocycles. The van der Waals surface area contributed by atoms with Crippen molar-refractivity contribution < 1.29 is 4.74 Å². The topological polar surface area (TPSA) is 21.3 Å². The quantitative estimate of drug-likeness (QED) is 0.543. The van der Waals surface area contributed by atoms with Crippen molar-refractivity contribution in [3.05, 3.63) is 24.3 Å².